The molecule has 0 radical (unpaired) electrons. The molecule has 1 nitrogen and oxygen atoms in total. The van der Waals surface area contributed by atoms with Crippen molar-refractivity contribution in [2.75, 3.05) is 0 Å². The predicted octanol–water partition coefficient (Wildman–Crippen LogP) is 2.72. The summed E-state index contributed by atoms with van der Waals surface area (Å²) in [4.78, 5) is 0. The lowest BCUT2D eigenvalue weighted by Gasteiger charge is -2.11. The summed E-state index contributed by atoms with van der Waals surface area (Å²) in [6, 6.07) is 10.8. The number of nitriles is 1. The van der Waals surface area contributed by atoms with E-state index in [1.807, 2.05) is 0 Å². The number of rotatable bonds is 0. The third-order valence-corrected chi connectivity index (χ3v) is 3.15. The van der Waals surface area contributed by atoms with Gasteiger partial charge in [0.15, 0.2) is 0 Å². The highest BCUT2D eigenvalue weighted by molar-refractivity contribution is 5.54. The van der Waals surface area contributed by atoms with E-state index in [-0.39, 0.29) is 0 Å². The van der Waals surface area contributed by atoms with E-state index in [2.05, 4.69) is 36.4 Å². The largest absolute Gasteiger partial charge is 0.193 e. The molecule has 2 aliphatic rings. The third-order valence-electron chi connectivity index (χ3n) is 3.15. The molecule has 0 spiro atoms. The van der Waals surface area contributed by atoms with Gasteiger partial charge in [0.2, 0.25) is 0 Å². The fourth-order valence-corrected chi connectivity index (χ4v) is 2.57. The van der Waals surface area contributed by atoms with Crippen LogP contribution in [0.25, 0.3) is 0 Å². The lowest BCUT2D eigenvalue weighted by atomic mass is 9.92. The van der Waals surface area contributed by atoms with Crippen LogP contribution in [0, 0.1) is 11.3 Å². The minimum Gasteiger partial charge on any atom is -0.193 e. The van der Waals surface area contributed by atoms with Crippen molar-refractivity contribution in [2.24, 2.45) is 0 Å². The Labute approximate surface area is 77.3 Å². The van der Waals surface area contributed by atoms with Crippen molar-refractivity contribution in [3.05, 3.63) is 47.0 Å². The number of allylic oxidation sites excluding steroid dienone is 2. The zero-order chi connectivity index (χ0) is 8.84. The van der Waals surface area contributed by atoms with E-state index >= 15 is 0 Å². The monoisotopic (exact) mass is 167 g/mol. The molecule has 0 N–H and O–H groups in total. The highest BCUT2D eigenvalue weighted by Gasteiger charge is 2.37. The second-order valence-corrected chi connectivity index (χ2v) is 3.76. The summed E-state index contributed by atoms with van der Waals surface area (Å²) in [5.74, 6) is 0.932. The lowest BCUT2D eigenvalue weighted by molar-refractivity contribution is 0.794. The molecular formula is C12H9N. The highest BCUT2D eigenvalue weighted by atomic mass is 14.4. The molecule has 2 atom stereocenters. The fourth-order valence-electron chi connectivity index (χ4n) is 2.57. The molecule has 3 rings (SSSR count). The Kier molecular flexibility index (Phi) is 1.19. The summed E-state index contributed by atoms with van der Waals surface area (Å²) < 4.78 is 0. The summed E-state index contributed by atoms with van der Waals surface area (Å²) in [7, 11) is 0. The highest BCUT2D eigenvalue weighted by Crippen LogP contribution is 2.51. The van der Waals surface area contributed by atoms with Crippen LogP contribution in [0.5, 0.6) is 0 Å². The van der Waals surface area contributed by atoms with Crippen molar-refractivity contribution < 1.29 is 0 Å². The van der Waals surface area contributed by atoms with Crippen LogP contribution < -0.4 is 0 Å². The van der Waals surface area contributed by atoms with Crippen LogP contribution in [0.2, 0.25) is 0 Å². The molecule has 1 heteroatoms. The number of fused-ring (bicyclic) bond motifs is 5. The van der Waals surface area contributed by atoms with Crippen LogP contribution in [0.1, 0.15) is 29.4 Å². The fraction of sp³-hybridized carbons (Fsp3) is 0.250. The van der Waals surface area contributed by atoms with Gasteiger partial charge in [0.25, 0.3) is 0 Å². The maximum Gasteiger partial charge on any atom is 0.0950 e. The molecule has 13 heavy (non-hydrogen) atoms. The zero-order valence-corrected chi connectivity index (χ0v) is 7.20. The van der Waals surface area contributed by atoms with E-state index in [0.717, 1.165) is 12.0 Å². The van der Waals surface area contributed by atoms with E-state index in [0.29, 0.717) is 11.8 Å². The van der Waals surface area contributed by atoms with Gasteiger partial charge in [-0.3, -0.25) is 0 Å². The molecule has 0 saturated heterocycles. The minimum absolute atomic E-state index is 0.409. The molecule has 0 saturated carbocycles. The number of hydrogen-bond donors (Lipinski definition) is 0. The van der Waals surface area contributed by atoms with E-state index in [1.165, 1.54) is 11.1 Å². The first-order valence-electron chi connectivity index (χ1n) is 4.61. The van der Waals surface area contributed by atoms with Gasteiger partial charge in [-0.15, -0.1) is 0 Å². The quantitative estimate of drug-likeness (QED) is 0.582. The first-order chi connectivity index (χ1) is 6.40. The summed E-state index contributed by atoms with van der Waals surface area (Å²) >= 11 is 0. The van der Waals surface area contributed by atoms with Gasteiger partial charge in [-0.25, -0.2) is 0 Å². The Morgan fingerprint density at radius 1 is 1.23 bits per heavy atom. The van der Waals surface area contributed by atoms with Crippen LogP contribution in [0.4, 0.5) is 0 Å². The molecule has 1 aromatic carbocycles. The van der Waals surface area contributed by atoms with E-state index < -0.39 is 0 Å². The Morgan fingerprint density at radius 3 is 2.77 bits per heavy atom. The molecule has 0 amide bonds. The summed E-state index contributed by atoms with van der Waals surface area (Å²) in [5, 5.41) is 8.90. The minimum atomic E-state index is 0.409. The molecule has 0 aromatic heterocycles. The third kappa shape index (κ3) is 0.754. The number of hydrogen-bond acceptors (Lipinski definition) is 1. The van der Waals surface area contributed by atoms with Gasteiger partial charge in [0.05, 0.1) is 6.07 Å². The van der Waals surface area contributed by atoms with Crippen molar-refractivity contribution >= 4 is 0 Å². The first kappa shape index (κ1) is 6.91. The molecule has 0 aliphatic heterocycles. The van der Waals surface area contributed by atoms with Crippen LogP contribution >= 0.6 is 0 Å². The zero-order valence-electron chi connectivity index (χ0n) is 7.20. The summed E-state index contributed by atoms with van der Waals surface area (Å²) in [6.45, 7) is 0. The van der Waals surface area contributed by atoms with Crippen molar-refractivity contribution in [3.8, 4) is 6.07 Å². The molecular weight excluding hydrogens is 158 g/mol. The van der Waals surface area contributed by atoms with Crippen LogP contribution in [0.15, 0.2) is 35.9 Å². The normalized spacial score (nSPS) is 28.1. The van der Waals surface area contributed by atoms with Crippen molar-refractivity contribution in [3.63, 3.8) is 0 Å². The van der Waals surface area contributed by atoms with E-state index in [9.17, 15) is 0 Å². The molecule has 2 bridgehead atoms. The van der Waals surface area contributed by atoms with Gasteiger partial charge in [-0.2, -0.15) is 5.26 Å². The smallest absolute Gasteiger partial charge is 0.0950 e. The van der Waals surface area contributed by atoms with Crippen LogP contribution in [-0.2, 0) is 0 Å². The van der Waals surface area contributed by atoms with Crippen molar-refractivity contribution in [1.29, 1.82) is 5.26 Å². The Bertz CT molecular complexity index is 437. The number of benzene rings is 1. The second kappa shape index (κ2) is 2.23. The Balaban J connectivity index is 2.19. The van der Waals surface area contributed by atoms with Gasteiger partial charge < -0.3 is 0 Å². The Hall–Kier alpha value is -1.55. The second-order valence-electron chi connectivity index (χ2n) is 3.76. The summed E-state index contributed by atoms with van der Waals surface area (Å²) in [6.07, 6.45) is 3.26. The van der Waals surface area contributed by atoms with Gasteiger partial charge in [-0.1, -0.05) is 30.3 Å². The molecule has 0 heterocycles. The molecule has 0 unspecified atom stereocenters. The standard InChI is InChI=1S/C12H9N/c13-7-9-5-8-6-12(9)11-4-2-1-3-10(8)11/h1-5,8,12H,6H2/t8-,12+/m0/s1. The molecule has 0 fully saturated rings. The summed E-state index contributed by atoms with van der Waals surface area (Å²) in [5.41, 5.74) is 3.79. The first-order valence-corrected chi connectivity index (χ1v) is 4.61. The maximum absolute atomic E-state index is 8.90. The molecule has 1 aromatic rings. The average molecular weight is 167 g/mol. The Morgan fingerprint density at radius 2 is 2.00 bits per heavy atom. The van der Waals surface area contributed by atoms with Crippen LogP contribution in [-0.4, -0.2) is 0 Å². The molecule has 2 aliphatic carbocycles. The predicted molar refractivity (Wildman–Crippen MR) is 50.2 cm³/mol. The topological polar surface area (TPSA) is 23.8 Å². The van der Waals surface area contributed by atoms with Crippen molar-refractivity contribution in [1.82, 2.24) is 0 Å². The maximum atomic E-state index is 8.90. The molecule has 62 valence electrons. The van der Waals surface area contributed by atoms with Gasteiger partial charge in [-0.05, 0) is 17.5 Å². The van der Waals surface area contributed by atoms with Crippen molar-refractivity contribution in [2.45, 2.75) is 18.3 Å². The lowest BCUT2D eigenvalue weighted by Crippen LogP contribution is -1.96. The van der Waals surface area contributed by atoms with E-state index in [1.54, 1.807) is 0 Å². The van der Waals surface area contributed by atoms with E-state index in [4.69, 9.17) is 5.26 Å². The number of nitrogens with zero attached hydrogens (tertiary/aromatic N) is 1. The van der Waals surface area contributed by atoms with Gasteiger partial charge in [0, 0.05) is 17.4 Å². The van der Waals surface area contributed by atoms with Gasteiger partial charge in [0.1, 0.15) is 0 Å². The SMILES string of the molecule is N#CC1=C[C@H]2C[C@H]1c1ccccc12. The van der Waals surface area contributed by atoms with Gasteiger partial charge >= 0.3 is 0 Å². The van der Waals surface area contributed by atoms with Crippen LogP contribution in [0.3, 0.4) is 0 Å². The average Bonchev–Trinajstić information content (AvgIpc) is 2.75.